The predicted molar refractivity (Wildman–Crippen MR) is 115 cm³/mol. The van der Waals surface area contributed by atoms with Crippen LogP contribution in [0, 0.1) is 0 Å². The number of benzene rings is 1. The van der Waals surface area contributed by atoms with Crippen LogP contribution in [-0.2, 0) is 17.8 Å². The molecule has 0 bridgehead atoms. The fourth-order valence-corrected chi connectivity index (χ4v) is 3.71. The van der Waals surface area contributed by atoms with Gasteiger partial charge in [0.05, 0.1) is 26.4 Å². The summed E-state index contributed by atoms with van der Waals surface area (Å²) in [5.74, 6) is 0.884. The van der Waals surface area contributed by atoms with Crippen LogP contribution in [0.2, 0.25) is 0 Å². The summed E-state index contributed by atoms with van der Waals surface area (Å²) in [5, 5.41) is 10.3. The van der Waals surface area contributed by atoms with Crippen molar-refractivity contribution in [2.24, 2.45) is 0 Å². The highest BCUT2D eigenvalue weighted by Gasteiger charge is 2.16. The number of aliphatic hydroxyl groups excluding tert-OH is 1. The van der Waals surface area contributed by atoms with Gasteiger partial charge >= 0.3 is 0 Å². The summed E-state index contributed by atoms with van der Waals surface area (Å²) in [7, 11) is 1.70. The molecule has 1 aliphatic heterocycles. The number of ether oxygens (including phenoxy) is 2. The first-order chi connectivity index (χ1) is 14.2. The summed E-state index contributed by atoms with van der Waals surface area (Å²) in [6.45, 7) is 9.97. The summed E-state index contributed by atoms with van der Waals surface area (Å²) in [5.41, 5.74) is 2.48. The standard InChI is InChI=1S/C23H35N3O3/c1-3-22(27)19-25(11-10-24-12-14-29-15-13-24)18-21-7-5-9-26(21)17-20-6-4-8-23(16-20)28-2/h4-9,16,22,27H,3,10-15,17-19H2,1-2H3/t22-/m1/s1. The second-order valence-corrected chi connectivity index (χ2v) is 7.73. The molecule has 160 valence electrons. The molecule has 0 aliphatic carbocycles. The number of hydrogen-bond acceptors (Lipinski definition) is 5. The Morgan fingerprint density at radius 2 is 2.03 bits per heavy atom. The largest absolute Gasteiger partial charge is 0.497 e. The summed E-state index contributed by atoms with van der Waals surface area (Å²) in [6.07, 6.45) is 2.62. The summed E-state index contributed by atoms with van der Waals surface area (Å²) in [6, 6.07) is 12.5. The van der Waals surface area contributed by atoms with Gasteiger partial charge in [0.1, 0.15) is 5.75 Å². The SMILES string of the molecule is CC[C@@H](O)CN(CCN1CCOCC1)Cc1cccn1Cc1cccc(OC)c1. The molecule has 0 radical (unpaired) electrons. The molecule has 0 saturated carbocycles. The fraction of sp³-hybridized carbons (Fsp3) is 0.565. The van der Waals surface area contributed by atoms with Gasteiger partial charge < -0.3 is 19.1 Å². The Balaban J connectivity index is 1.64. The van der Waals surface area contributed by atoms with E-state index in [9.17, 15) is 5.11 Å². The van der Waals surface area contributed by atoms with Gasteiger partial charge in [-0.2, -0.15) is 0 Å². The van der Waals surface area contributed by atoms with Gasteiger partial charge in [-0.3, -0.25) is 9.80 Å². The van der Waals surface area contributed by atoms with Gasteiger partial charge in [0.15, 0.2) is 0 Å². The van der Waals surface area contributed by atoms with Crippen molar-refractivity contribution in [3.05, 3.63) is 53.9 Å². The number of aliphatic hydroxyl groups is 1. The van der Waals surface area contributed by atoms with Gasteiger partial charge in [-0.15, -0.1) is 0 Å². The zero-order valence-electron chi connectivity index (χ0n) is 17.8. The number of morpholine rings is 1. The molecule has 0 unspecified atom stereocenters. The van der Waals surface area contributed by atoms with Gasteiger partial charge in [0, 0.05) is 57.7 Å². The molecule has 6 nitrogen and oxygen atoms in total. The van der Waals surface area contributed by atoms with Crippen LogP contribution in [0.3, 0.4) is 0 Å². The zero-order valence-corrected chi connectivity index (χ0v) is 17.8. The van der Waals surface area contributed by atoms with Crippen molar-refractivity contribution in [1.29, 1.82) is 0 Å². The number of hydrogen-bond donors (Lipinski definition) is 1. The summed E-state index contributed by atoms with van der Waals surface area (Å²) >= 11 is 0. The Labute approximate surface area is 174 Å². The Bertz CT molecular complexity index is 728. The van der Waals surface area contributed by atoms with Crippen molar-refractivity contribution >= 4 is 0 Å². The lowest BCUT2D eigenvalue weighted by Gasteiger charge is -2.31. The van der Waals surface area contributed by atoms with Gasteiger partial charge in [-0.1, -0.05) is 19.1 Å². The van der Waals surface area contributed by atoms with Crippen LogP contribution in [0.5, 0.6) is 5.75 Å². The van der Waals surface area contributed by atoms with E-state index >= 15 is 0 Å². The van der Waals surface area contributed by atoms with Crippen LogP contribution in [0.4, 0.5) is 0 Å². The zero-order chi connectivity index (χ0) is 20.5. The van der Waals surface area contributed by atoms with E-state index in [4.69, 9.17) is 9.47 Å². The minimum Gasteiger partial charge on any atom is -0.497 e. The second-order valence-electron chi connectivity index (χ2n) is 7.73. The second kappa shape index (κ2) is 11.4. The molecule has 1 aromatic carbocycles. The van der Waals surface area contributed by atoms with E-state index < -0.39 is 0 Å². The molecule has 2 heterocycles. The molecule has 1 aromatic heterocycles. The fourth-order valence-electron chi connectivity index (χ4n) is 3.71. The minimum absolute atomic E-state index is 0.290. The smallest absolute Gasteiger partial charge is 0.119 e. The first kappa shape index (κ1) is 21.8. The molecule has 1 saturated heterocycles. The van der Waals surface area contributed by atoms with Crippen LogP contribution >= 0.6 is 0 Å². The van der Waals surface area contributed by atoms with E-state index in [2.05, 4.69) is 44.8 Å². The molecule has 3 rings (SSSR count). The lowest BCUT2D eigenvalue weighted by Crippen LogP contribution is -2.43. The van der Waals surface area contributed by atoms with E-state index in [1.54, 1.807) is 7.11 Å². The van der Waals surface area contributed by atoms with Crippen LogP contribution in [0.15, 0.2) is 42.6 Å². The van der Waals surface area contributed by atoms with Crippen molar-refractivity contribution < 1.29 is 14.6 Å². The monoisotopic (exact) mass is 401 g/mol. The lowest BCUT2D eigenvalue weighted by molar-refractivity contribution is 0.0288. The van der Waals surface area contributed by atoms with Crippen molar-refractivity contribution in [2.45, 2.75) is 32.5 Å². The lowest BCUT2D eigenvalue weighted by atomic mass is 10.2. The number of methoxy groups -OCH3 is 1. The quantitative estimate of drug-likeness (QED) is 0.627. The molecule has 2 aromatic rings. The maximum Gasteiger partial charge on any atom is 0.119 e. The Morgan fingerprint density at radius 3 is 2.79 bits per heavy atom. The van der Waals surface area contributed by atoms with Gasteiger partial charge in [-0.25, -0.2) is 0 Å². The third kappa shape index (κ3) is 6.85. The molecule has 6 heteroatoms. The molecule has 0 amide bonds. The molecule has 1 atom stereocenters. The average Bonchev–Trinajstić information content (AvgIpc) is 3.19. The molecule has 1 fully saturated rings. The number of nitrogens with zero attached hydrogens (tertiary/aromatic N) is 3. The topological polar surface area (TPSA) is 50.1 Å². The van der Waals surface area contributed by atoms with Crippen LogP contribution in [0.25, 0.3) is 0 Å². The molecular weight excluding hydrogens is 366 g/mol. The van der Waals surface area contributed by atoms with E-state index in [1.807, 2.05) is 19.1 Å². The predicted octanol–water partition coefficient (Wildman–Crippen LogP) is 2.45. The van der Waals surface area contributed by atoms with E-state index in [0.29, 0.717) is 6.54 Å². The Kier molecular flexibility index (Phi) is 8.55. The minimum atomic E-state index is -0.290. The van der Waals surface area contributed by atoms with E-state index in [1.165, 1.54) is 11.3 Å². The number of aromatic nitrogens is 1. The van der Waals surface area contributed by atoms with E-state index in [-0.39, 0.29) is 6.10 Å². The average molecular weight is 402 g/mol. The van der Waals surface area contributed by atoms with Crippen LogP contribution in [0.1, 0.15) is 24.6 Å². The molecule has 1 N–H and O–H groups in total. The molecule has 1 aliphatic rings. The van der Waals surface area contributed by atoms with Gasteiger partial charge in [-0.05, 0) is 36.2 Å². The normalized spacial score (nSPS) is 16.3. The van der Waals surface area contributed by atoms with Crippen molar-refractivity contribution in [1.82, 2.24) is 14.4 Å². The maximum atomic E-state index is 10.3. The summed E-state index contributed by atoms with van der Waals surface area (Å²) in [4.78, 5) is 4.82. The third-order valence-electron chi connectivity index (χ3n) is 5.57. The Morgan fingerprint density at radius 1 is 1.21 bits per heavy atom. The van der Waals surface area contributed by atoms with E-state index in [0.717, 1.165) is 64.7 Å². The summed E-state index contributed by atoms with van der Waals surface area (Å²) < 4.78 is 13.1. The highest BCUT2D eigenvalue weighted by molar-refractivity contribution is 5.29. The maximum absolute atomic E-state index is 10.3. The van der Waals surface area contributed by atoms with Crippen LogP contribution < -0.4 is 4.74 Å². The van der Waals surface area contributed by atoms with Gasteiger partial charge in [0.2, 0.25) is 0 Å². The van der Waals surface area contributed by atoms with Crippen LogP contribution in [-0.4, -0.2) is 78.6 Å². The molecule has 0 spiro atoms. The highest BCUT2D eigenvalue weighted by atomic mass is 16.5. The first-order valence-corrected chi connectivity index (χ1v) is 10.7. The van der Waals surface area contributed by atoms with Crippen molar-refractivity contribution in [2.75, 3.05) is 53.0 Å². The molecular formula is C23H35N3O3. The Hall–Kier alpha value is -1.86. The number of rotatable bonds is 11. The molecule has 29 heavy (non-hydrogen) atoms. The highest BCUT2D eigenvalue weighted by Crippen LogP contribution is 2.16. The van der Waals surface area contributed by atoms with Crippen molar-refractivity contribution in [3.8, 4) is 5.75 Å². The van der Waals surface area contributed by atoms with Crippen molar-refractivity contribution in [3.63, 3.8) is 0 Å². The third-order valence-corrected chi connectivity index (χ3v) is 5.57. The first-order valence-electron chi connectivity index (χ1n) is 10.7. The van der Waals surface area contributed by atoms with Gasteiger partial charge in [0.25, 0.3) is 0 Å².